The first-order valence-corrected chi connectivity index (χ1v) is 8.25. The van der Waals surface area contributed by atoms with Crippen LogP contribution in [0, 0.1) is 0 Å². The van der Waals surface area contributed by atoms with E-state index in [2.05, 4.69) is 11.3 Å². The molecule has 0 rings (SSSR count). The molecule has 0 saturated carbocycles. The second kappa shape index (κ2) is 8.92. The Kier molecular flexibility index (Phi) is 8.38. The summed E-state index contributed by atoms with van der Waals surface area (Å²) in [6.45, 7) is 6.99. The zero-order valence-electron chi connectivity index (χ0n) is 11.0. The molecule has 0 aromatic heterocycles. The summed E-state index contributed by atoms with van der Waals surface area (Å²) < 4.78 is 21.5. The van der Waals surface area contributed by atoms with E-state index in [1.165, 1.54) is 0 Å². The molecule has 0 spiro atoms. The van der Waals surface area contributed by atoms with Gasteiger partial charge in [-0.05, 0) is 12.3 Å². The van der Waals surface area contributed by atoms with Crippen LogP contribution in [0.3, 0.4) is 0 Å². The van der Waals surface area contributed by atoms with E-state index in [9.17, 15) is 14.2 Å². The van der Waals surface area contributed by atoms with Gasteiger partial charge in [0.2, 0.25) is 0 Å². The molecule has 0 bridgehead atoms. The first-order chi connectivity index (χ1) is 8.47. The topological polar surface area (TPSA) is 69.7 Å². The summed E-state index contributed by atoms with van der Waals surface area (Å²) in [5.74, 6) is -0.959. The lowest BCUT2D eigenvalue weighted by atomic mass is 10.5. The van der Waals surface area contributed by atoms with Gasteiger partial charge in [0.25, 0.3) is 0 Å². The molecule has 6 heteroatoms. The number of carbonyl (C=O) groups is 2. The second-order valence-electron chi connectivity index (χ2n) is 3.76. The predicted molar refractivity (Wildman–Crippen MR) is 70.3 cm³/mol. The summed E-state index contributed by atoms with van der Waals surface area (Å²) in [5.41, 5.74) is 0. The minimum Gasteiger partial charge on any atom is -0.462 e. The summed E-state index contributed by atoms with van der Waals surface area (Å²) in [4.78, 5) is 22.0. The van der Waals surface area contributed by atoms with Crippen LogP contribution < -0.4 is 0 Å². The van der Waals surface area contributed by atoms with E-state index in [-0.39, 0.29) is 19.6 Å². The number of hydrogen-bond donors (Lipinski definition) is 0. The van der Waals surface area contributed by atoms with E-state index in [1.807, 2.05) is 13.8 Å². The standard InChI is InChI=1S/C12H21O5P/c1-4-11(13)16-8-9-17-12(14)7-10-18(15,5-2)6-3/h4H,1,5-10H2,2-3H3. The zero-order chi connectivity index (χ0) is 14.0. The van der Waals surface area contributed by atoms with Crippen molar-refractivity contribution in [1.82, 2.24) is 0 Å². The molecule has 0 amide bonds. The Balaban J connectivity index is 3.76. The van der Waals surface area contributed by atoms with E-state index < -0.39 is 19.1 Å². The summed E-state index contributed by atoms with van der Waals surface area (Å²) >= 11 is 0. The van der Waals surface area contributed by atoms with Gasteiger partial charge >= 0.3 is 11.9 Å². The number of ether oxygens (including phenoxy) is 2. The number of rotatable bonds is 9. The summed E-state index contributed by atoms with van der Waals surface area (Å²) in [6, 6.07) is 0. The van der Waals surface area contributed by atoms with Gasteiger partial charge in [-0.25, -0.2) is 4.79 Å². The van der Waals surface area contributed by atoms with Crippen LogP contribution in [0.4, 0.5) is 0 Å². The lowest BCUT2D eigenvalue weighted by molar-refractivity contribution is -0.149. The SMILES string of the molecule is C=CC(=O)OCCOC(=O)CCP(=O)(CC)CC. The van der Waals surface area contributed by atoms with Crippen molar-refractivity contribution in [1.29, 1.82) is 0 Å². The average Bonchev–Trinajstić information content (AvgIpc) is 2.40. The summed E-state index contributed by atoms with van der Waals surface area (Å²) in [5, 5.41) is 0. The van der Waals surface area contributed by atoms with Crippen LogP contribution in [0.5, 0.6) is 0 Å². The molecule has 0 atom stereocenters. The molecular formula is C12H21O5P. The number of esters is 2. The van der Waals surface area contributed by atoms with E-state index in [0.29, 0.717) is 18.5 Å². The predicted octanol–water partition coefficient (Wildman–Crippen LogP) is 2.05. The van der Waals surface area contributed by atoms with Crippen LogP contribution >= 0.6 is 7.14 Å². The highest BCUT2D eigenvalue weighted by atomic mass is 31.2. The van der Waals surface area contributed by atoms with Crippen LogP contribution in [0.25, 0.3) is 0 Å². The molecule has 0 aliphatic rings. The van der Waals surface area contributed by atoms with Crippen LogP contribution in [-0.2, 0) is 23.6 Å². The van der Waals surface area contributed by atoms with Crippen molar-refractivity contribution in [3.8, 4) is 0 Å². The van der Waals surface area contributed by atoms with Crippen molar-refractivity contribution >= 4 is 19.1 Å². The van der Waals surface area contributed by atoms with Crippen molar-refractivity contribution in [2.24, 2.45) is 0 Å². The third kappa shape index (κ3) is 7.28. The molecule has 18 heavy (non-hydrogen) atoms. The second-order valence-corrected chi connectivity index (χ2v) is 7.58. The Morgan fingerprint density at radius 2 is 1.72 bits per heavy atom. The van der Waals surface area contributed by atoms with Crippen molar-refractivity contribution in [3.63, 3.8) is 0 Å². The molecule has 0 saturated heterocycles. The molecule has 0 aliphatic heterocycles. The van der Waals surface area contributed by atoms with Crippen molar-refractivity contribution < 1.29 is 23.6 Å². The molecule has 5 nitrogen and oxygen atoms in total. The maximum atomic E-state index is 12.0. The smallest absolute Gasteiger partial charge is 0.330 e. The molecule has 0 N–H and O–H groups in total. The van der Waals surface area contributed by atoms with Gasteiger partial charge in [0.1, 0.15) is 13.2 Å². The zero-order valence-corrected chi connectivity index (χ0v) is 11.9. The fraction of sp³-hybridized carbons (Fsp3) is 0.667. The van der Waals surface area contributed by atoms with Crippen molar-refractivity contribution in [2.45, 2.75) is 20.3 Å². The molecule has 0 aromatic carbocycles. The molecule has 0 aromatic rings. The van der Waals surface area contributed by atoms with Crippen molar-refractivity contribution in [2.75, 3.05) is 31.7 Å². The molecule has 0 aliphatic carbocycles. The van der Waals surface area contributed by atoms with Gasteiger partial charge in [0, 0.05) is 12.2 Å². The Morgan fingerprint density at radius 3 is 2.22 bits per heavy atom. The largest absolute Gasteiger partial charge is 0.462 e. The highest BCUT2D eigenvalue weighted by molar-refractivity contribution is 7.63. The van der Waals surface area contributed by atoms with Crippen LogP contribution in [0.2, 0.25) is 0 Å². The fourth-order valence-corrected chi connectivity index (χ4v) is 2.93. The van der Waals surface area contributed by atoms with Crippen LogP contribution in [0.1, 0.15) is 20.3 Å². The Labute approximate surface area is 108 Å². The normalized spacial score (nSPS) is 10.8. The van der Waals surface area contributed by atoms with Crippen LogP contribution in [0.15, 0.2) is 12.7 Å². The van der Waals surface area contributed by atoms with Gasteiger partial charge in [-0.3, -0.25) is 4.79 Å². The summed E-state index contributed by atoms with van der Waals surface area (Å²) in [7, 11) is -2.19. The summed E-state index contributed by atoms with van der Waals surface area (Å²) in [6.07, 6.45) is 2.78. The highest BCUT2D eigenvalue weighted by Crippen LogP contribution is 2.44. The highest BCUT2D eigenvalue weighted by Gasteiger charge is 2.18. The molecule has 104 valence electrons. The molecule has 0 fully saturated rings. The fourth-order valence-electron chi connectivity index (χ4n) is 1.26. The van der Waals surface area contributed by atoms with E-state index in [0.717, 1.165) is 6.08 Å². The van der Waals surface area contributed by atoms with E-state index >= 15 is 0 Å². The third-order valence-corrected chi connectivity index (χ3v) is 5.98. The van der Waals surface area contributed by atoms with Gasteiger partial charge in [-0.2, -0.15) is 0 Å². The lowest BCUT2D eigenvalue weighted by Crippen LogP contribution is -2.14. The van der Waals surface area contributed by atoms with Crippen LogP contribution in [-0.4, -0.2) is 43.6 Å². The molecule has 0 unspecified atom stereocenters. The maximum absolute atomic E-state index is 12.0. The van der Waals surface area contributed by atoms with Gasteiger partial charge < -0.3 is 14.0 Å². The Bertz CT molecular complexity index is 329. The first kappa shape index (κ1) is 16.9. The van der Waals surface area contributed by atoms with Gasteiger partial charge in [0.15, 0.2) is 0 Å². The number of hydrogen-bond acceptors (Lipinski definition) is 5. The van der Waals surface area contributed by atoms with E-state index in [1.54, 1.807) is 0 Å². The van der Waals surface area contributed by atoms with E-state index in [4.69, 9.17) is 4.74 Å². The molecular weight excluding hydrogens is 255 g/mol. The molecule has 0 radical (unpaired) electrons. The Hall–Kier alpha value is -1.09. The monoisotopic (exact) mass is 276 g/mol. The minimum atomic E-state index is -2.19. The van der Waals surface area contributed by atoms with Gasteiger partial charge in [-0.15, -0.1) is 0 Å². The first-order valence-electron chi connectivity index (χ1n) is 5.99. The quantitative estimate of drug-likeness (QED) is 0.279. The maximum Gasteiger partial charge on any atom is 0.330 e. The average molecular weight is 276 g/mol. The lowest BCUT2D eigenvalue weighted by Gasteiger charge is -2.13. The van der Waals surface area contributed by atoms with Gasteiger partial charge in [-0.1, -0.05) is 20.4 Å². The number of carbonyl (C=O) groups excluding carboxylic acids is 2. The van der Waals surface area contributed by atoms with Gasteiger partial charge in [0.05, 0.1) is 13.6 Å². The molecule has 0 heterocycles. The Morgan fingerprint density at radius 1 is 1.17 bits per heavy atom. The third-order valence-electron chi connectivity index (χ3n) is 2.63. The van der Waals surface area contributed by atoms with Crippen molar-refractivity contribution in [3.05, 3.63) is 12.7 Å². The minimum absolute atomic E-state index is 0.00973.